The minimum Gasteiger partial charge on any atom is -0.338 e. The number of aryl methyl sites for hydroxylation is 1. The van der Waals surface area contributed by atoms with Crippen molar-refractivity contribution in [2.45, 2.75) is 19.4 Å². The van der Waals surface area contributed by atoms with Crippen LogP contribution in [0, 0.1) is 0 Å². The van der Waals surface area contributed by atoms with E-state index in [9.17, 15) is 4.89 Å². The van der Waals surface area contributed by atoms with E-state index < -0.39 is 5.69 Å². The fourth-order valence-electron chi connectivity index (χ4n) is 1.42. The molecule has 16 heavy (non-hydrogen) atoms. The van der Waals surface area contributed by atoms with Crippen molar-refractivity contribution in [3.05, 3.63) is 35.4 Å². The Morgan fingerprint density at radius 2 is 2.31 bits per heavy atom. The molecule has 0 bridgehead atoms. The van der Waals surface area contributed by atoms with Gasteiger partial charge >= 0.3 is 0 Å². The highest BCUT2D eigenvalue weighted by atomic mass is 32.9. The smallest absolute Gasteiger partial charge is 0.242 e. The lowest BCUT2D eigenvalue weighted by molar-refractivity contribution is 0.221. The summed E-state index contributed by atoms with van der Waals surface area (Å²) in [6.45, 7) is 2.35. The van der Waals surface area contributed by atoms with Gasteiger partial charge in [0.1, 0.15) is 6.10 Å². The predicted octanol–water partition coefficient (Wildman–Crippen LogP) is 2.41. The lowest BCUT2D eigenvalue weighted by Crippen LogP contribution is -2.14. The monoisotopic (exact) mass is 277 g/mol. The van der Waals surface area contributed by atoms with Crippen molar-refractivity contribution in [1.82, 2.24) is 0 Å². The van der Waals surface area contributed by atoms with E-state index in [2.05, 4.69) is 19.2 Å². The summed E-state index contributed by atoms with van der Waals surface area (Å²) in [5, 5.41) is 0. The molecule has 2 atom stereocenters. The van der Waals surface area contributed by atoms with Crippen LogP contribution in [0.25, 0.3) is 0 Å². The molecule has 90 valence electrons. The van der Waals surface area contributed by atoms with Crippen LogP contribution in [0.1, 0.15) is 24.2 Å². The highest BCUT2D eigenvalue weighted by molar-refractivity contribution is 8.59. The zero-order chi connectivity index (χ0) is 12.2. The molecule has 1 aromatic rings. The van der Waals surface area contributed by atoms with Gasteiger partial charge in [0.25, 0.3) is 0 Å². The minimum atomic E-state index is -2.98. The van der Waals surface area contributed by atoms with Crippen LogP contribution in [0.4, 0.5) is 0 Å². The van der Waals surface area contributed by atoms with E-state index in [0.29, 0.717) is 0 Å². The maximum absolute atomic E-state index is 9.42. The molecule has 0 spiro atoms. The molecule has 3 N–H and O–H groups in total. The van der Waals surface area contributed by atoms with Crippen molar-refractivity contribution < 1.29 is 9.42 Å². The Kier molecular flexibility index (Phi) is 5.44. The Bertz CT molecular complexity index is 394. The molecular weight excluding hydrogens is 261 g/mol. The van der Waals surface area contributed by atoms with Crippen LogP contribution in [0.5, 0.6) is 0 Å². The molecule has 0 radical (unpaired) electrons. The topological polar surface area (TPSA) is 55.5 Å². The average molecular weight is 277 g/mol. The average Bonchev–Trinajstić information content (AvgIpc) is 2.25. The Morgan fingerprint density at radius 1 is 1.62 bits per heavy atom. The fourth-order valence-corrected chi connectivity index (χ4v) is 2.61. The molecule has 0 aromatic heterocycles. The molecule has 0 amide bonds. The van der Waals surface area contributed by atoms with Crippen LogP contribution in [0.3, 0.4) is 0 Å². The second-order valence-electron chi connectivity index (χ2n) is 3.42. The zero-order valence-corrected chi connectivity index (χ0v) is 11.6. The van der Waals surface area contributed by atoms with Crippen molar-refractivity contribution in [2.75, 3.05) is 6.54 Å². The van der Waals surface area contributed by atoms with E-state index in [0.717, 1.165) is 12.0 Å². The van der Waals surface area contributed by atoms with E-state index in [-0.39, 0.29) is 12.6 Å². The van der Waals surface area contributed by atoms with Crippen LogP contribution in [0.2, 0.25) is 0 Å². The molecule has 3 nitrogen and oxygen atoms in total. The summed E-state index contributed by atoms with van der Waals surface area (Å²) in [5.41, 5.74) is 4.75. The van der Waals surface area contributed by atoms with Gasteiger partial charge < -0.3 is 15.2 Å². The Hall–Kier alpha value is 0.1000. The molecule has 1 rings (SSSR count). The highest BCUT2D eigenvalue weighted by Gasteiger charge is 2.17. The van der Waals surface area contributed by atoms with E-state index in [1.165, 1.54) is 5.56 Å². The molecule has 2 unspecified atom stereocenters. The summed E-state index contributed by atoms with van der Waals surface area (Å²) in [5.74, 6) is 0. The van der Waals surface area contributed by atoms with Crippen LogP contribution in [-0.4, -0.2) is 11.4 Å². The largest absolute Gasteiger partial charge is 0.338 e. The molecule has 0 aliphatic heterocycles. The van der Waals surface area contributed by atoms with Crippen LogP contribution >= 0.6 is 17.9 Å². The number of nitrogens with two attached hydrogens (primary N) is 1. The van der Waals surface area contributed by atoms with Gasteiger partial charge in [0, 0.05) is 6.54 Å². The van der Waals surface area contributed by atoms with Crippen LogP contribution < -0.4 is 5.73 Å². The normalized spacial score (nSPS) is 16.8. The number of thiol groups is 1. The van der Waals surface area contributed by atoms with Crippen molar-refractivity contribution >= 4 is 29.7 Å². The summed E-state index contributed by atoms with van der Waals surface area (Å²) >= 11 is 8.59. The third-order valence-electron chi connectivity index (χ3n) is 2.21. The standard InChI is InChI=1S/C10H16NO2PS2/c1-2-8-4-3-5-9(6-8)10(7-11)13-14(12,15)16/h3-6,10H,2,7,11H2,1H3,(H2,12,15,16). The Morgan fingerprint density at radius 3 is 2.81 bits per heavy atom. The summed E-state index contributed by atoms with van der Waals surface area (Å²) < 4.78 is 5.29. The van der Waals surface area contributed by atoms with Gasteiger partial charge in [-0.1, -0.05) is 43.4 Å². The second kappa shape index (κ2) is 6.15. The first-order chi connectivity index (χ1) is 7.46. The quantitative estimate of drug-likeness (QED) is 0.571. The summed E-state index contributed by atoms with van der Waals surface area (Å²) in [4.78, 5) is 9.42. The summed E-state index contributed by atoms with van der Waals surface area (Å²) in [7, 11) is 0. The maximum Gasteiger partial charge on any atom is 0.242 e. The number of hydrogen-bond donors (Lipinski definition) is 3. The van der Waals surface area contributed by atoms with Gasteiger partial charge in [-0.3, -0.25) is 0 Å². The molecule has 1 aromatic carbocycles. The fraction of sp³-hybridized carbons (Fsp3) is 0.400. The molecule has 0 heterocycles. The van der Waals surface area contributed by atoms with Gasteiger partial charge in [0.15, 0.2) is 0 Å². The SMILES string of the molecule is CCc1cccc(C(CN)OP(O)(=S)S)c1. The molecule has 0 fully saturated rings. The Labute approximate surface area is 106 Å². The predicted molar refractivity (Wildman–Crippen MR) is 74.2 cm³/mol. The minimum absolute atomic E-state index is 0.271. The molecule has 0 saturated heterocycles. The van der Waals surface area contributed by atoms with Gasteiger partial charge in [-0.15, -0.1) is 0 Å². The Balaban J connectivity index is 2.90. The molecule has 0 saturated carbocycles. The molecule has 0 aliphatic rings. The molecule has 0 aliphatic carbocycles. The van der Waals surface area contributed by atoms with E-state index >= 15 is 0 Å². The van der Waals surface area contributed by atoms with Crippen LogP contribution in [0.15, 0.2) is 24.3 Å². The van der Waals surface area contributed by atoms with Gasteiger partial charge in [-0.25, -0.2) is 0 Å². The first-order valence-electron chi connectivity index (χ1n) is 4.99. The number of hydrogen-bond acceptors (Lipinski definition) is 3. The number of benzene rings is 1. The molecule has 6 heteroatoms. The third-order valence-corrected chi connectivity index (χ3v) is 3.28. The number of rotatable bonds is 5. The van der Waals surface area contributed by atoms with Crippen LogP contribution in [-0.2, 0) is 22.8 Å². The summed E-state index contributed by atoms with van der Waals surface area (Å²) in [6.07, 6.45) is 0.555. The lowest BCUT2D eigenvalue weighted by Gasteiger charge is -2.20. The van der Waals surface area contributed by atoms with Gasteiger partial charge in [0.2, 0.25) is 5.69 Å². The van der Waals surface area contributed by atoms with Gasteiger partial charge in [0.05, 0.1) is 0 Å². The second-order valence-corrected chi connectivity index (χ2v) is 8.53. The van der Waals surface area contributed by atoms with Gasteiger partial charge in [-0.05, 0) is 29.4 Å². The first-order valence-corrected chi connectivity index (χ1v) is 8.81. The van der Waals surface area contributed by atoms with Gasteiger partial charge in [-0.2, -0.15) is 0 Å². The lowest BCUT2D eigenvalue weighted by atomic mass is 10.0. The first kappa shape index (κ1) is 14.2. The van der Waals surface area contributed by atoms with E-state index in [4.69, 9.17) is 22.1 Å². The third kappa shape index (κ3) is 4.53. The molecular formula is C10H16NO2PS2. The van der Waals surface area contributed by atoms with Crippen molar-refractivity contribution in [3.8, 4) is 0 Å². The highest BCUT2D eigenvalue weighted by Crippen LogP contribution is 2.51. The van der Waals surface area contributed by atoms with Crippen molar-refractivity contribution in [1.29, 1.82) is 0 Å². The zero-order valence-electron chi connectivity index (χ0n) is 9.04. The van der Waals surface area contributed by atoms with Crippen molar-refractivity contribution in [3.63, 3.8) is 0 Å². The van der Waals surface area contributed by atoms with E-state index in [1.807, 2.05) is 24.3 Å². The summed E-state index contributed by atoms with van der Waals surface area (Å²) in [6, 6.07) is 7.90. The van der Waals surface area contributed by atoms with E-state index in [1.54, 1.807) is 0 Å². The van der Waals surface area contributed by atoms with Crippen molar-refractivity contribution in [2.24, 2.45) is 5.73 Å². The maximum atomic E-state index is 9.42.